The van der Waals surface area contributed by atoms with E-state index in [0.717, 1.165) is 32.2 Å². The summed E-state index contributed by atoms with van der Waals surface area (Å²) in [7, 11) is 0. The van der Waals surface area contributed by atoms with Gasteiger partial charge in [0, 0.05) is 27.3 Å². The van der Waals surface area contributed by atoms with Crippen molar-refractivity contribution in [2.45, 2.75) is 6.54 Å². The Morgan fingerprint density at radius 1 is 1.10 bits per heavy atom. The van der Waals surface area contributed by atoms with Crippen LogP contribution in [-0.2, 0) is 6.54 Å². The van der Waals surface area contributed by atoms with Crippen LogP contribution in [0.2, 0.25) is 0 Å². The molecule has 1 aliphatic heterocycles. The van der Waals surface area contributed by atoms with E-state index in [0.29, 0.717) is 6.54 Å². The fourth-order valence-electron chi connectivity index (χ4n) is 2.71. The molecule has 3 aromatic rings. The first kappa shape index (κ1) is 12.5. The summed E-state index contributed by atoms with van der Waals surface area (Å²) in [5.41, 5.74) is 3.69. The number of benzene rings is 2. The van der Waals surface area contributed by atoms with Crippen LogP contribution in [0.1, 0.15) is 15.9 Å². The van der Waals surface area contributed by atoms with E-state index >= 15 is 0 Å². The van der Waals surface area contributed by atoms with Crippen molar-refractivity contribution in [2.75, 3.05) is 4.90 Å². The molecule has 0 unspecified atom stereocenters. The largest absolute Gasteiger partial charge is 0.304 e. The molecule has 1 amide bonds. The molecule has 4 rings (SSSR count). The number of pyridine rings is 1. The third-order valence-corrected chi connectivity index (χ3v) is 4.27. The molecule has 0 fully saturated rings. The molecule has 0 saturated carbocycles. The van der Waals surface area contributed by atoms with E-state index in [1.165, 1.54) is 0 Å². The number of nitrogens with zero attached hydrogens (tertiary/aromatic N) is 2. The van der Waals surface area contributed by atoms with Crippen LogP contribution in [-0.4, -0.2) is 10.9 Å². The maximum atomic E-state index is 12.6. The van der Waals surface area contributed by atoms with E-state index in [1.807, 2.05) is 53.4 Å². The maximum absolute atomic E-state index is 12.6. The Morgan fingerprint density at radius 3 is 2.90 bits per heavy atom. The van der Waals surface area contributed by atoms with Crippen LogP contribution in [0.4, 0.5) is 5.69 Å². The van der Waals surface area contributed by atoms with Crippen LogP contribution >= 0.6 is 15.9 Å². The van der Waals surface area contributed by atoms with Gasteiger partial charge in [0.05, 0.1) is 12.1 Å². The molecule has 102 valence electrons. The van der Waals surface area contributed by atoms with Crippen LogP contribution in [0.5, 0.6) is 0 Å². The van der Waals surface area contributed by atoms with Crippen LogP contribution in [0, 0.1) is 0 Å². The Labute approximate surface area is 130 Å². The van der Waals surface area contributed by atoms with Gasteiger partial charge in [-0.25, -0.2) is 0 Å². The van der Waals surface area contributed by atoms with Crippen LogP contribution in [0.15, 0.2) is 59.2 Å². The van der Waals surface area contributed by atoms with Gasteiger partial charge >= 0.3 is 0 Å². The van der Waals surface area contributed by atoms with Crippen LogP contribution in [0.25, 0.3) is 10.9 Å². The predicted octanol–water partition coefficient (Wildman–Crippen LogP) is 4.16. The molecule has 21 heavy (non-hydrogen) atoms. The van der Waals surface area contributed by atoms with E-state index in [-0.39, 0.29) is 5.91 Å². The lowest BCUT2D eigenvalue weighted by Crippen LogP contribution is -2.22. The number of hydrogen-bond acceptors (Lipinski definition) is 2. The quantitative estimate of drug-likeness (QED) is 0.667. The highest BCUT2D eigenvalue weighted by molar-refractivity contribution is 9.10. The predicted molar refractivity (Wildman–Crippen MR) is 86.4 cm³/mol. The van der Waals surface area contributed by atoms with Crippen molar-refractivity contribution >= 4 is 38.4 Å². The second-order valence-corrected chi connectivity index (χ2v) is 5.99. The second-order valence-electron chi connectivity index (χ2n) is 5.07. The van der Waals surface area contributed by atoms with Gasteiger partial charge in [0.15, 0.2) is 0 Å². The number of rotatable bonds is 1. The Bertz CT molecular complexity index is 876. The lowest BCUT2D eigenvalue weighted by Gasteiger charge is -2.16. The van der Waals surface area contributed by atoms with Crippen molar-refractivity contribution in [3.8, 4) is 0 Å². The van der Waals surface area contributed by atoms with E-state index in [2.05, 4.69) is 20.9 Å². The normalized spacial score (nSPS) is 13.8. The summed E-state index contributed by atoms with van der Waals surface area (Å²) in [5.74, 6) is 0.0505. The molecule has 1 aromatic heterocycles. The summed E-state index contributed by atoms with van der Waals surface area (Å²) in [4.78, 5) is 18.7. The molecule has 0 atom stereocenters. The van der Waals surface area contributed by atoms with Gasteiger partial charge in [-0.15, -0.1) is 0 Å². The van der Waals surface area contributed by atoms with E-state index < -0.39 is 0 Å². The van der Waals surface area contributed by atoms with Gasteiger partial charge in [0.25, 0.3) is 5.91 Å². The van der Waals surface area contributed by atoms with Crippen molar-refractivity contribution in [3.05, 3.63) is 70.3 Å². The van der Waals surface area contributed by atoms with Gasteiger partial charge in [-0.05, 0) is 42.0 Å². The average molecular weight is 339 g/mol. The van der Waals surface area contributed by atoms with E-state index in [9.17, 15) is 4.79 Å². The third-order valence-electron chi connectivity index (χ3n) is 3.77. The highest BCUT2D eigenvalue weighted by Crippen LogP contribution is 2.31. The van der Waals surface area contributed by atoms with Gasteiger partial charge in [0.1, 0.15) is 0 Å². The molecular formula is C17H11BrN2O. The van der Waals surface area contributed by atoms with Crippen LogP contribution < -0.4 is 4.90 Å². The zero-order valence-electron chi connectivity index (χ0n) is 11.1. The van der Waals surface area contributed by atoms with Gasteiger partial charge in [-0.3, -0.25) is 9.78 Å². The fourth-order valence-corrected chi connectivity index (χ4v) is 3.07. The zero-order valence-corrected chi connectivity index (χ0v) is 12.7. The first-order chi connectivity index (χ1) is 10.2. The molecule has 0 aliphatic carbocycles. The molecule has 0 saturated heterocycles. The van der Waals surface area contributed by atoms with Crippen molar-refractivity contribution in [1.82, 2.24) is 4.98 Å². The lowest BCUT2D eigenvalue weighted by atomic mass is 10.1. The number of hydrogen-bond donors (Lipinski definition) is 0. The minimum Gasteiger partial charge on any atom is -0.304 e. The van der Waals surface area contributed by atoms with Crippen molar-refractivity contribution in [3.63, 3.8) is 0 Å². The van der Waals surface area contributed by atoms with Gasteiger partial charge in [0.2, 0.25) is 0 Å². The zero-order chi connectivity index (χ0) is 14.4. The number of carbonyl (C=O) groups excluding carboxylic acids is 1. The summed E-state index contributed by atoms with van der Waals surface area (Å²) in [6, 6.07) is 15.7. The Morgan fingerprint density at radius 2 is 2.00 bits per heavy atom. The molecule has 2 aromatic carbocycles. The van der Waals surface area contributed by atoms with Crippen molar-refractivity contribution < 1.29 is 4.79 Å². The van der Waals surface area contributed by atoms with Gasteiger partial charge in [-0.1, -0.05) is 28.1 Å². The third kappa shape index (κ3) is 2.03. The first-order valence-electron chi connectivity index (χ1n) is 6.67. The summed E-state index contributed by atoms with van der Waals surface area (Å²) in [6.45, 7) is 0.618. The smallest absolute Gasteiger partial charge is 0.258 e. The number of aromatic nitrogens is 1. The topological polar surface area (TPSA) is 33.2 Å². The summed E-state index contributed by atoms with van der Waals surface area (Å²) in [6.07, 6.45) is 1.77. The molecule has 1 aliphatic rings. The molecular weight excluding hydrogens is 328 g/mol. The average Bonchev–Trinajstić information content (AvgIpc) is 2.84. The van der Waals surface area contributed by atoms with Crippen LogP contribution in [0.3, 0.4) is 0 Å². The lowest BCUT2D eigenvalue weighted by molar-refractivity contribution is 0.0996. The van der Waals surface area contributed by atoms with Gasteiger partial charge < -0.3 is 4.90 Å². The molecule has 3 nitrogen and oxygen atoms in total. The van der Waals surface area contributed by atoms with Crippen molar-refractivity contribution in [1.29, 1.82) is 0 Å². The van der Waals surface area contributed by atoms with E-state index in [1.54, 1.807) is 6.20 Å². The first-order valence-corrected chi connectivity index (χ1v) is 7.47. The highest BCUT2D eigenvalue weighted by Gasteiger charge is 2.28. The minimum absolute atomic E-state index is 0.0505. The summed E-state index contributed by atoms with van der Waals surface area (Å²) in [5, 5.41) is 1.04. The van der Waals surface area contributed by atoms with E-state index in [4.69, 9.17) is 0 Å². The number of anilines is 1. The molecule has 0 radical (unpaired) electrons. The fraction of sp³-hybridized carbons (Fsp3) is 0.0588. The number of amides is 1. The SMILES string of the molecule is O=C1c2cc(Br)ccc2CN1c1ccc2ncccc2c1. The number of carbonyl (C=O) groups is 1. The molecule has 0 N–H and O–H groups in total. The van der Waals surface area contributed by atoms with Crippen molar-refractivity contribution in [2.24, 2.45) is 0 Å². The molecule has 0 spiro atoms. The highest BCUT2D eigenvalue weighted by atomic mass is 79.9. The Kier molecular flexibility index (Phi) is 2.79. The number of fused-ring (bicyclic) bond motifs is 2. The molecule has 2 heterocycles. The Hall–Kier alpha value is -2.20. The summed E-state index contributed by atoms with van der Waals surface area (Å²) < 4.78 is 0.930. The standard InChI is InChI=1S/C17H11BrN2O/c18-13-4-3-12-10-20(17(21)15(12)9-13)14-5-6-16-11(8-14)2-1-7-19-16/h1-9H,10H2. The maximum Gasteiger partial charge on any atom is 0.258 e. The van der Waals surface area contributed by atoms with Gasteiger partial charge in [-0.2, -0.15) is 0 Å². The summed E-state index contributed by atoms with van der Waals surface area (Å²) >= 11 is 3.42. The molecule has 4 heteroatoms. The second kappa shape index (κ2) is 4.67. The minimum atomic E-state index is 0.0505. The monoisotopic (exact) mass is 338 g/mol. The molecule has 0 bridgehead atoms. The Balaban J connectivity index is 1.78. The number of halogens is 1.